The summed E-state index contributed by atoms with van der Waals surface area (Å²) in [5.41, 5.74) is 1.80. The SMILES string of the molecule is CN(CCC1COCCN1)c1cccc(C#N)c1. The lowest BCUT2D eigenvalue weighted by Gasteiger charge is -2.27. The topological polar surface area (TPSA) is 48.3 Å². The van der Waals surface area contributed by atoms with Gasteiger partial charge in [-0.05, 0) is 24.6 Å². The molecule has 0 radical (unpaired) electrons. The van der Waals surface area contributed by atoms with Gasteiger partial charge in [0.25, 0.3) is 0 Å². The van der Waals surface area contributed by atoms with Crippen molar-refractivity contribution in [3.63, 3.8) is 0 Å². The first kappa shape index (κ1) is 12.9. The van der Waals surface area contributed by atoms with Crippen LogP contribution < -0.4 is 10.2 Å². The number of hydrogen-bond donors (Lipinski definition) is 1. The summed E-state index contributed by atoms with van der Waals surface area (Å²) in [7, 11) is 2.06. The van der Waals surface area contributed by atoms with E-state index in [0.29, 0.717) is 11.6 Å². The molecule has 0 spiro atoms. The number of morpholine rings is 1. The zero-order chi connectivity index (χ0) is 12.8. The molecule has 0 aliphatic carbocycles. The second-order valence-electron chi connectivity index (χ2n) is 4.60. The first-order valence-electron chi connectivity index (χ1n) is 6.32. The Morgan fingerprint density at radius 2 is 2.44 bits per heavy atom. The summed E-state index contributed by atoms with van der Waals surface area (Å²) in [5.74, 6) is 0. The van der Waals surface area contributed by atoms with Crippen molar-refractivity contribution < 1.29 is 4.74 Å². The minimum absolute atomic E-state index is 0.445. The number of nitriles is 1. The van der Waals surface area contributed by atoms with E-state index in [0.717, 1.165) is 38.4 Å². The third-order valence-electron chi connectivity index (χ3n) is 3.23. The van der Waals surface area contributed by atoms with Crippen LogP contribution in [0.2, 0.25) is 0 Å². The molecule has 1 aromatic rings. The third-order valence-corrected chi connectivity index (χ3v) is 3.23. The Morgan fingerprint density at radius 3 is 3.17 bits per heavy atom. The van der Waals surface area contributed by atoms with Gasteiger partial charge < -0.3 is 15.0 Å². The van der Waals surface area contributed by atoms with E-state index >= 15 is 0 Å². The summed E-state index contributed by atoms with van der Waals surface area (Å²) >= 11 is 0. The Hall–Kier alpha value is -1.57. The first-order chi connectivity index (χ1) is 8.79. The highest BCUT2D eigenvalue weighted by atomic mass is 16.5. The standard InChI is InChI=1S/C14H19N3O/c1-17(7-5-13-11-18-8-6-16-13)14-4-2-3-12(9-14)10-15/h2-4,9,13,16H,5-8,11H2,1H3. The van der Waals surface area contributed by atoms with E-state index in [1.54, 1.807) is 0 Å². The van der Waals surface area contributed by atoms with Crippen LogP contribution >= 0.6 is 0 Å². The molecular formula is C14H19N3O. The van der Waals surface area contributed by atoms with Crippen LogP contribution in [0.15, 0.2) is 24.3 Å². The number of benzene rings is 1. The molecule has 0 aromatic heterocycles. The molecule has 1 unspecified atom stereocenters. The molecule has 1 saturated heterocycles. The molecule has 96 valence electrons. The molecule has 1 fully saturated rings. The van der Waals surface area contributed by atoms with Gasteiger partial charge in [-0.15, -0.1) is 0 Å². The average Bonchev–Trinajstić information content (AvgIpc) is 2.46. The van der Waals surface area contributed by atoms with Crippen LogP contribution in [0.25, 0.3) is 0 Å². The van der Waals surface area contributed by atoms with Gasteiger partial charge in [0.1, 0.15) is 0 Å². The van der Waals surface area contributed by atoms with E-state index in [2.05, 4.69) is 23.3 Å². The minimum atomic E-state index is 0.445. The van der Waals surface area contributed by atoms with Crippen molar-refractivity contribution in [2.45, 2.75) is 12.5 Å². The van der Waals surface area contributed by atoms with Crippen LogP contribution in [0, 0.1) is 11.3 Å². The molecule has 2 rings (SSSR count). The summed E-state index contributed by atoms with van der Waals surface area (Å²) < 4.78 is 5.43. The average molecular weight is 245 g/mol. The molecule has 0 amide bonds. The maximum Gasteiger partial charge on any atom is 0.0992 e. The van der Waals surface area contributed by atoms with Gasteiger partial charge in [0, 0.05) is 31.9 Å². The van der Waals surface area contributed by atoms with E-state index in [-0.39, 0.29) is 0 Å². The Morgan fingerprint density at radius 1 is 1.56 bits per heavy atom. The molecule has 0 bridgehead atoms. The van der Waals surface area contributed by atoms with Crippen molar-refractivity contribution in [3.8, 4) is 6.07 Å². The van der Waals surface area contributed by atoms with Crippen molar-refractivity contribution in [2.24, 2.45) is 0 Å². The number of nitrogens with zero attached hydrogens (tertiary/aromatic N) is 2. The fourth-order valence-corrected chi connectivity index (χ4v) is 2.10. The molecule has 4 nitrogen and oxygen atoms in total. The Bertz CT molecular complexity index is 421. The molecule has 1 N–H and O–H groups in total. The minimum Gasteiger partial charge on any atom is -0.379 e. The van der Waals surface area contributed by atoms with E-state index in [9.17, 15) is 0 Å². The summed E-state index contributed by atoms with van der Waals surface area (Å²) in [6.07, 6.45) is 1.05. The summed E-state index contributed by atoms with van der Waals surface area (Å²) in [5, 5.41) is 12.3. The maximum atomic E-state index is 8.88. The van der Waals surface area contributed by atoms with Crippen LogP contribution in [0.5, 0.6) is 0 Å². The van der Waals surface area contributed by atoms with Crippen LogP contribution in [0.4, 0.5) is 5.69 Å². The molecule has 1 atom stereocenters. The summed E-state index contributed by atoms with van der Waals surface area (Å²) in [6.45, 7) is 3.51. The fraction of sp³-hybridized carbons (Fsp3) is 0.500. The predicted octanol–water partition coefficient (Wildman–Crippen LogP) is 1.37. The highest BCUT2D eigenvalue weighted by Crippen LogP contribution is 2.15. The second-order valence-corrected chi connectivity index (χ2v) is 4.60. The Balaban J connectivity index is 1.86. The van der Waals surface area contributed by atoms with Crippen molar-refractivity contribution in [1.82, 2.24) is 5.32 Å². The van der Waals surface area contributed by atoms with E-state index < -0.39 is 0 Å². The quantitative estimate of drug-likeness (QED) is 0.870. The van der Waals surface area contributed by atoms with Gasteiger partial charge in [-0.3, -0.25) is 0 Å². The molecule has 1 aliphatic rings. The smallest absolute Gasteiger partial charge is 0.0992 e. The van der Waals surface area contributed by atoms with Gasteiger partial charge in [0.05, 0.1) is 24.8 Å². The monoisotopic (exact) mass is 245 g/mol. The maximum absolute atomic E-state index is 8.88. The summed E-state index contributed by atoms with van der Waals surface area (Å²) in [6, 6.07) is 10.3. The largest absolute Gasteiger partial charge is 0.379 e. The third kappa shape index (κ3) is 3.46. The lowest BCUT2D eigenvalue weighted by atomic mass is 10.1. The lowest BCUT2D eigenvalue weighted by molar-refractivity contribution is 0.0749. The van der Waals surface area contributed by atoms with Crippen molar-refractivity contribution >= 4 is 5.69 Å². The number of ether oxygens (including phenoxy) is 1. The highest BCUT2D eigenvalue weighted by Gasteiger charge is 2.13. The van der Waals surface area contributed by atoms with Crippen molar-refractivity contribution in [2.75, 3.05) is 38.3 Å². The van der Waals surface area contributed by atoms with E-state index in [1.165, 1.54) is 0 Å². The van der Waals surface area contributed by atoms with Gasteiger partial charge in [0.15, 0.2) is 0 Å². The van der Waals surface area contributed by atoms with Crippen LogP contribution in [0.3, 0.4) is 0 Å². The number of hydrogen-bond acceptors (Lipinski definition) is 4. The van der Waals surface area contributed by atoms with Crippen LogP contribution in [-0.2, 0) is 4.74 Å². The van der Waals surface area contributed by atoms with Crippen LogP contribution in [0.1, 0.15) is 12.0 Å². The zero-order valence-electron chi connectivity index (χ0n) is 10.7. The van der Waals surface area contributed by atoms with Gasteiger partial charge in [-0.2, -0.15) is 5.26 Å². The van der Waals surface area contributed by atoms with Gasteiger partial charge in [0.2, 0.25) is 0 Å². The Labute approximate surface area is 108 Å². The molecule has 4 heteroatoms. The van der Waals surface area contributed by atoms with Crippen molar-refractivity contribution in [1.29, 1.82) is 5.26 Å². The lowest BCUT2D eigenvalue weighted by Crippen LogP contribution is -2.42. The fourth-order valence-electron chi connectivity index (χ4n) is 2.10. The predicted molar refractivity (Wildman–Crippen MR) is 71.7 cm³/mol. The van der Waals surface area contributed by atoms with Crippen LogP contribution in [-0.4, -0.2) is 39.4 Å². The number of rotatable bonds is 4. The van der Waals surface area contributed by atoms with Crippen molar-refractivity contribution in [3.05, 3.63) is 29.8 Å². The number of anilines is 1. The molecule has 1 aliphatic heterocycles. The number of nitrogens with one attached hydrogen (secondary N) is 1. The molecule has 1 heterocycles. The molecule has 0 saturated carbocycles. The van der Waals surface area contributed by atoms with E-state index in [1.807, 2.05) is 24.3 Å². The van der Waals surface area contributed by atoms with Gasteiger partial charge in [-0.1, -0.05) is 6.07 Å². The van der Waals surface area contributed by atoms with Gasteiger partial charge >= 0.3 is 0 Å². The molecule has 1 aromatic carbocycles. The summed E-state index contributed by atoms with van der Waals surface area (Å²) in [4.78, 5) is 2.18. The Kier molecular flexibility index (Phi) is 4.57. The second kappa shape index (κ2) is 6.39. The zero-order valence-corrected chi connectivity index (χ0v) is 10.7. The first-order valence-corrected chi connectivity index (χ1v) is 6.32. The molecule has 18 heavy (non-hydrogen) atoms. The van der Waals surface area contributed by atoms with Gasteiger partial charge in [-0.25, -0.2) is 0 Å². The van der Waals surface area contributed by atoms with E-state index in [4.69, 9.17) is 10.00 Å². The molecular weight excluding hydrogens is 226 g/mol. The normalized spacial score (nSPS) is 19.2. The highest BCUT2D eigenvalue weighted by molar-refractivity contribution is 5.50.